The molecular weight excluding hydrogens is 349 g/mol. The van der Waals surface area contributed by atoms with Crippen LogP contribution in [0.25, 0.3) is 0 Å². The third kappa shape index (κ3) is 4.99. The molecule has 1 fully saturated rings. The highest BCUT2D eigenvalue weighted by molar-refractivity contribution is 5.85. The van der Waals surface area contributed by atoms with Crippen molar-refractivity contribution < 1.29 is 27.4 Å². The monoisotopic (exact) mass is 368 g/mol. The van der Waals surface area contributed by atoms with Crippen molar-refractivity contribution in [3.05, 3.63) is 29.3 Å². The maximum atomic E-state index is 13.1. The normalized spacial score (nSPS) is 20.4. The molecule has 24 heavy (non-hydrogen) atoms. The van der Waals surface area contributed by atoms with Gasteiger partial charge in [-0.2, -0.15) is 13.2 Å². The van der Waals surface area contributed by atoms with Gasteiger partial charge >= 0.3 is 6.18 Å². The summed E-state index contributed by atoms with van der Waals surface area (Å²) in [6.07, 6.45) is -4.07. The largest absolute Gasteiger partial charge is 0.497 e. The summed E-state index contributed by atoms with van der Waals surface area (Å²) in [7, 11) is 2.86. The van der Waals surface area contributed by atoms with E-state index in [0.29, 0.717) is 13.0 Å². The molecule has 2 atom stereocenters. The van der Waals surface area contributed by atoms with Crippen molar-refractivity contribution in [2.45, 2.75) is 31.3 Å². The van der Waals surface area contributed by atoms with Crippen LogP contribution in [0.15, 0.2) is 18.2 Å². The first-order valence-electron chi connectivity index (χ1n) is 7.13. The van der Waals surface area contributed by atoms with Gasteiger partial charge in [-0.25, -0.2) is 0 Å². The van der Waals surface area contributed by atoms with Crippen molar-refractivity contribution in [2.75, 3.05) is 20.8 Å². The van der Waals surface area contributed by atoms with Gasteiger partial charge in [-0.1, -0.05) is 6.07 Å². The third-order valence-electron chi connectivity index (χ3n) is 3.82. The number of methoxy groups -OCH3 is 2. The highest BCUT2D eigenvalue weighted by Crippen LogP contribution is 2.34. The minimum atomic E-state index is -4.51. The molecule has 1 aliphatic rings. The summed E-state index contributed by atoms with van der Waals surface area (Å²) >= 11 is 0. The van der Waals surface area contributed by atoms with Gasteiger partial charge in [0.1, 0.15) is 5.75 Å². The number of alkyl halides is 3. The van der Waals surface area contributed by atoms with E-state index in [1.807, 2.05) is 0 Å². The van der Waals surface area contributed by atoms with Gasteiger partial charge < -0.3 is 20.1 Å². The molecule has 2 rings (SSSR count). The number of benzene rings is 1. The van der Waals surface area contributed by atoms with E-state index >= 15 is 0 Å². The Morgan fingerprint density at radius 2 is 2.08 bits per heavy atom. The summed E-state index contributed by atoms with van der Waals surface area (Å²) < 4.78 is 49.2. The van der Waals surface area contributed by atoms with Crippen LogP contribution in [0.2, 0.25) is 0 Å². The van der Waals surface area contributed by atoms with Gasteiger partial charge in [-0.15, -0.1) is 12.4 Å². The second kappa shape index (κ2) is 8.55. The second-order valence-electron chi connectivity index (χ2n) is 5.29. The van der Waals surface area contributed by atoms with Crippen LogP contribution in [0, 0.1) is 0 Å². The summed E-state index contributed by atoms with van der Waals surface area (Å²) in [6.45, 7) is 0.346. The average molecular weight is 369 g/mol. The standard InChI is InChI=1S/C15H19F3N2O3.ClH/c1-22-10-4-3-9(12(5-10)15(16,17)18)7-20-14(21)13-6-11(23-2)8-19-13;/h3-5,11,13,19H,6-8H2,1-2H3,(H,20,21);1H/t11-,13-;/m0./s1. The lowest BCUT2D eigenvalue weighted by Crippen LogP contribution is -2.40. The molecule has 1 heterocycles. The van der Waals surface area contributed by atoms with E-state index in [9.17, 15) is 18.0 Å². The summed E-state index contributed by atoms with van der Waals surface area (Å²) in [5, 5.41) is 5.52. The first-order valence-corrected chi connectivity index (χ1v) is 7.13. The molecule has 0 spiro atoms. The molecule has 5 nitrogen and oxygen atoms in total. The Morgan fingerprint density at radius 3 is 2.62 bits per heavy atom. The maximum Gasteiger partial charge on any atom is 0.416 e. The van der Waals surface area contributed by atoms with Crippen LogP contribution in [0.1, 0.15) is 17.5 Å². The molecule has 0 unspecified atom stereocenters. The highest BCUT2D eigenvalue weighted by Gasteiger charge is 2.34. The van der Waals surface area contributed by atoms with Crippen LogP contribution in [-0.4, -0.2) is 38.8 Å². The topological polar surface area (TPSA) is 59.6 Å². The number of carbonyl (C=O) groups excluding carboxylic acids is 1. The van der Waals surface area contributed by atoms with Crippen molar-refractivity contribution in [3.63, 3.8) is 0 Å². The van der Waals surface area contributed by atoms with E-state index in [4.69, 9.17) is 9.47 Å². The molecule has 0 bridgehead atoms. The van der Waals surface area contributed by atoms with E-state index in [0.717, 1.165) is 6.07 Å². The van der Waals surface area contributed by atoms with Crippen LogP contribution in [0.5, 0.6) is 5.75 Å². The van der Waals surface area contributed by atoms with E-state index in [1.54, 1.807) is 7.11 Å². The molecule has 2 N–H and O–H groups in total. The van der Waals surface area contributed by atoms with Crippen molar-refractivity contribution in [3.8, 4) is 5.75 Å². The number of nitrogens with one attached hydrogen (secondary N) is 2. The van der Waals surface area contributed by atoms with Crippen molar-refractivity contribution in [2.24, 2.45) is 0 Å². The number of ether oxygens (including phenoxy) is 2. The molecule has 0 saturated carbocycles. The lowest BCUT2D eigenvalue weighted by Gasteiger charge is -2.16. The second-order valence-corrected chi connectivity index (χ2v) is 5.29. The lowest BCUT2D eigenvalue weighted by molar-refractivity contribution is -0.138. The zero-order valence-electron chi connectivity index (χ0n) is 13.3. The van der Waals surface area contributed by atoms with Gasteiger partial charge in [0.2, 0.25) is 5.91 Å². The molecule has 0 radical (unpaired) electrons. The first-order chi connectivity index (χ1) is 10.8. The van der Waals surface area contributed by atoms with Gasteiger partial charge in [0, 0.05) is 20.2 Å². The summed E-state index contributed by atoms with van der Waals surface area (Å²) in [6, 6.07) is 3.22. The van der Waals surface area contributed by atoms with Crippen LogP contribution in [0.3, 0.4) is 0 Å². The number of carbonyl (C=O) groups is 1. The van der Waals surface area contributed by atoms with Gasteiger partial charge in [0.05, 0.1) is 24.8 Å². The lowest BCUT2D eigenvalue weighted by atomic mass is 10.1. The molecule has 0 aliphatic carbocycles. The smallest absolute Gasteiger partial charge is 0.416 e. The van der Waals surface area contributed by atoms with Crippen LogP contribution < -0.4 is 15.4 Å². The predicted molar refractivity (Wildman–Crippen MR) is 84.3 cm³/mol. The minimum absolute atomic E-state index is 0. The molecule has 1 saturated heterocycles. The zero-order valence-corrected chi connectivity index (χ0v) is 14.1. The zero-order chi connectivity index (χ0) is 17.0. The van der Waals surface area contributed by atoms with Crippen molar-refractivity contribution in [1.82, 2.24) is 10.6 Å². The Kier molecular flexibility index (Phi) is 7.31. The summed E-state index contributed by atoms with van der Waals surface area (Å²) in [4.78, 5) is 12.0. The molecule has 1 aromatic carbocycles. The molecule has 136 valence electrons. The summed E-state index contributed by atoms with van der Waals surface area (Å²) in [5.74, 6) is -0.221. The Hall–Kier alpha value is -1.51. The minimum Gasteiger partial charge on any atom is -0.497 e. The number of halogens is 4. The number of rotatable bonds is 5. The fourth-order valence-electron chi connectivity index (χ4n) is 2.49. The summed E-state index contributed by atoms with van der Waals surface area (Å²) in [5.41, 5.74) is -0.820. The van der Waals surface area contributed by atoms with Crippen molar-refractivity contribution >= 4 is 18.3 Å². The SMILES string of the molecule is COc1ccc(CNC(=O)[C@@H]2C[C@H](OC)CN2)c(C(F)(F)F)c1.Cl. The van der Waals surface area contributed by atoms with E-state index < -0.39 is 17.8 Å². The maximum absolute atomic E-state index is 13.1. The number of amides is 1. The Labute approximate surface area is 144 Å². The number of hydrogen-bond acceptors (Lipinski definition) is 4. The molecule has 1 amide bonds. The fourth-order valence-corrected chi connectivity index (χ4v) is 2.49. The van der Waals surface area contributed by atoms with Gasteiger partial charge in [-0.05, 0) is 24.1 Å². The van der Waals surface area contributed by atoms with E-state index in [2.05, 4.69) is 10.6 Å². The Morgan fingerprint density at radius 1 is 1.38 bits per heavy atom. The predicted octanol–water partition coefficient (Wildman–Crippen LogP) is 2.13. The fraction of sp³-hybridized carbons (Fsp3) is 0.533. The van der Waals surface area contributed by atoms with Gasteiger partial charge in [-0.3, -0.25) is 4.79 Å². The first kappa shape index (κ1) is 20.5. The third-order valence-corrected chi connectivity index (χ3v) is 3.82. The van der Waals surface area contributed by atoms with Crippen molar-refractivity contribution in [1.29, 1.82) is 0 Å². The number of hydrogen-bond donors (Lipinski definition) is 2. The Balaban J connectivity index is 0.00000288. The van der Waals surface area contributed by atoms with Gasteiger partial charge in [0.15, 0.2) is 0 Å². The molecule has 1 aromatic rings. The highest BCUT2D eigenvalue weighted by atomic mass is 35.5. The molecule has 1 aliphatic heterocycles. The molecular formula is C15H20ClF3N2O3. The quantitative estimate of drug-likeness (QED) is 0.836. The van der Waals surface area contributed by atoms with Crippen LogP contribution in [-0.2, 0) is 22.3 Å². The van der Waals surface area contributed by atoms with Crippen LogP contribution in [0.4, 0.5) is 13.2 Å². The molecule has 0 aromatic heterocycles. The Bertz CT molecular complexity index is 569. The van der Waals surface area contributed by atoms with Crippen LogP contribution >= 0.6 is 12.4 Å². The molecule has 9 heteroatoms. The average Bonchev–Trinajstić information content (AvgIpc) is 3.00. The van der Waals surface area contributed by atoms with Gasteiger partial charge in [0.25, 0.3) is 0 Å². The van der Waals surface area contributed by atoms with E-state index in [1.165, 1.54) is 19.2 Å². The van der Waals surface area contributed by atoms with E-state index in [-0.39, 0.29) is 42.3 Å².